The van der Waals surface area contributed by atoms with Gasteiger partial charge < -0.3 is 10.1 Å². The molecule has 0 atom stereocenters. The highest BCUT2D eigenvalue weighted by atomic mass is 19.4. The lowest BCUT2D eigenvalue weighted by Crippen LogP contribution is -2.23. The van der Waals surface area contributed by atoms with Gasteiger partial charge in [0.15, 0.2) is 0 Å². The number of alkyl halides is 3. The van der Waals surface area contributed by atoms with Gasteiger partial charge in [-0.3, -0.25) is 0 Å². The molecule has 16 heavy (non-hydrogen) atoms. The van der Waals surface area contributed by atoms with E-state index >= 15 is 0 Å². The molecule has 0 radical (unpaired) electrons. The van der Waals surface area contributed by atoms with Crippen LogP contribution in [0.5, 0.6) is 0 Å². The average Bonchev–Trinajstić information content (AvgIpc) is 2.15. The summed E-state index contributed by atoms with van der Waals surface area (Å²) in [6.45, 7) is 5.73. The van der Waals surface area contributed by atoms with Crippen LogP contribution < -0.4 is 5.32 Å². The Labute approximate surface area is 92.7 Å². The van der Waals surface area contributed by atoms with Crippen molar-refractivity contribution in [2.24, 2.45) is 0 Å². The van der Waals surface area contributed by atoms with Crippen LogP contribution in [-0.4, -0.2) is 31.8 Å². The molecule has 6 heteroatoms. The van der Waals surface area contributed by atoms with Crippen LogP contribution in [0.1, 0.15) is 19.8 Å². The minimum Gasteiger partial charge on any atom is -0.463 e. The van der Waals surface area contributed by atoms with E-state index in [1.54, 1.807) is 6.92 Å². The molecule has 0 heterocycles. The number of carbonyl (C=O) groups is 1. The molecule has 0 amide bonds. The third-order valence-corrected chi connectivity index (χ3v) is 1.72. The van der Waals surface area contributed by atoms with Crippen LogP contribution in [0, 0.1) is 0 Å². The first-order valence-corrected chi connectivity index (χ1v) is 4.99. The minimum absolute atomic E-state index is 0.0143. The second-order valence-electron chi connectivity index (χ2n) is 3.22. The van der Waals surface area contributed by atoms with Crippen molar-refractivity contribution in [2.75, 3.05) is 19.7 Å². The quantitative estimate of drug-likeness (QED) is 0.420. The molecule has 3 nitrogen and oxygen atoms in total. The van der Waals surface area contributed by atoms with E-state index in [4.69, 9.17) is 0 Å². The number of esters is 1. The summed E-state index contributed by atoms with van der Waals surface area (Å²) in [7, 11) is 0. The number of carbonyl (C=O) groups excluding carboxylic acids is 1. The van der Waals surface area contributed by atoms with Gasteiger partial charge in [-0.05, 0) is 19.9 Å². The first-order chi connectivity index (χ1) is 7.37. The Hall–Kier alpha value is -1.04. The highest BCUT2D eigenvalue weighted by Gasteiger charge is 2.25. The number of hydrogen-bond acceptors (Lipinski definition) is 3. The molecule has 0 saturated carbocycles. The van der Waals surface area contributed by atoms with Gasteiger partial charge in [0.2, 0.25) is 0 Å². The third kappa shape index (κ3) is 8.28. The molecule has 1 N–H and O–H groups in total. The van der Waals surface area contributed by atoms with Crippen molar-refractivity contribution < 1.29 is 22.7 Å². The van der Waals surface area contributed by atoms with E-state index in [-0.39, 0.29) is 31.7 Å². The first-order valence-electron chi connectivity index (χ1n) is 4.99. The summed E-state index contributed by atoms with van der Waals surface area (Å²) in [6.07, 6.45) is -4.97. The fourth-order valence-electron chi connectivity index (χ4n) is 0.958. The van der Waals surface area contributed by atoms with Gasteiger partial charge in [-0.1, -0.05) is 6.58 Å². The smallest absolute Gasteiger partial charge is 0.389 e. The van der Waals surface area contributed by atoms with Crippen LogP contribution in [-0.2, 0) is 9.53 Å². The predicted molar refractivity (Wildman–Crippen MR) is 53.9 cm³/mol. The maximum atomic E-state index is 11.8. The number of nitrogens with one attached hydrogen (secondary N) is 1. The average molecular weight is 239 g/mol. The normalized spacial score (nSPS) is 11.2. The molecule has 0 rings (SSSR count). The third-order valence-electron chi connectivity index (χ3n) is 1.72. The van der Waals surface area contributed by atoms with Crippen LogP contribution >= 0.6 is 0 Å². The monoisotopic (exact) mass is 239 g/mol. The van der Waals surface area contributed by atoms with Crippen LogP contribution in [0.2, 0.25) is 0 Å². The maximum absolute atomic E-state index is 11.8. The summed E-state index contributed by atoms with van der Waals surface area (Å²) in [5.74, 6) is -0.522. The van der Waals surface area contributed by atoms with Crippen LogP contribution in [0.4, 0.5) is 13.2 Å². The van der Waals surface area contributed by atoms with Crippen molar-refractivity contribution in [2.45, 2.75) is 25.9 Å². The van der Waals surface area contributed by atoms with Crippen LogP contribution in [0.15, 0.2) is 12.2 Å². The Balaban J connectivity index is 3.52. The largest absolute Gasteiger partial charge is 0.463 e. The van der Waals surface area contributed by atoms with Gasteiger partial charge in [0.1, 0.15) is 0 Å². The van der Waals surface area contributed by atoms with E-state index < -0.39 is 18.6 Å². The van der Waals surface area contributed by atoms with Crippen molar-refractivity contribution in [1.29, 1.82) is 0 Å². The van der Waals surface area contributed by atoms with Crippen molar-refractivity contribution in [3.05, 3.63) is 12.2 Å². The van der Waals surface area contributed by atoms with E-state index in [0.717, 1.165) is 0 Å². The molecule has 0 aromatic heterocycles. The van der Waals surface area contributed by atoms with Gasteiger partial charge in [0.05, 0.1) is 6.61 Å². The highest BCUT2D eigenvalue weighted by molar-refractivity contribution is 5.88. The Bertz CT molecular complexity index is 239. The molecular weight excluding hydrogens is 223 g/mol. The number of ether oxygens (including phenoxy) is 1. The Morgan fingerprint density at radius 2 is 2.06 bits per heavy atom. The van der Waals surface area contributed by atoms with Crippen molar-refractivity contribution in [3.63, 3.8) is 0 Å². The van der Waals surface area contributed by atoms with E-state index in [0.29, 0.717) is 0 Å². The minimum atomic E-state index is -4.13. The summed E-state index contributed by atoms with van der Waals surface area (Å²) in [4.78, 5) is 11.0. The molecule has 0 bridgehead atoms. The molecule has 94 valence electrons. The Kier molecular flexibility index (Phi) is 6.80. The molecule has 0 spiro atoms. The lowest BCUT2D eigenvalue weighted by atomic mass is 10.2. The number of halogens is 3. The molecule has 0 saturated heterocycles. The maximum Gasteiger partial charge on any atom is 0.389 e. The Morgan fingerprint density at radius 3 is 2.56 bits per heavy atom. The van der Waals surface area contributed by atoms with Gasteiger partial charge in [0, 0.05) is 18.5 Å². The standard InChI is InChI=1S/C10H16F3NO2/c1-3-16-9(15)8(2)7-14-6-4-5-10(11,12)13/h14H,2-7H2,1H3. The molecule has 0 aliphatic rings. The fourth-order valence-corrected chi connectivity index (χ4v) is 0.958. The van der Waals surface area contributed by atoms with Gasteiger partial charge >= 0.3 is 12.1 Å². The molecule has 0 aliphatic carbocycles. The second-order valence-corrected chi connectivity index (χ2v) is 3.22. The van der Waals surface area contributed by atoms with Gasteiger partial charge in [-0.15, -0.1) is 0 Å². The van der Waals surface area contributed by atoms with Gasteiger partial charge in [-0.25, -0.2) is 4.79 Å². The second kappa shape index (κ2) is 7.27. The van der Waals surface area contributed by atoms with E-state index in [2.05, 4.69) is 16.6 Å². The summed E-state index contributed by atoms with van der Waals surface area (Å²) < 4.78 is 39.9. The molecule has 0 aromatic rings. The number of hydrogen-bond donors (Lipinski definition) is 1. The van der Waals surface area contributed by atoms with Gasteiger partial charge in [0.25, 0.3) is 0 Å². The fraction of sp³-hybridized carbons (Fsp3) is 0.700. The summed E-state index contributed by atoms with van der Waals surface area (Å²) in [6, 6.07) is 0. The van der Waals surface area contributed by atoms with Crippen LogP contribution in [0.25, 0.3) is 0 Å². The zero-order chi connectivity index (χ0) is 12.6. The van der Waals surface area contributed by atoms with E-state index in [1.165, 1.54) is 0 Å². The van der Waals surface area contributed by atoms with E-state index in [1.807, 2.05) is 0 Å². The summed E-state index contributed by atoms with van der Waals surface area (Å²) in [5, 5.41) is 2.70. The summed E-state index contributed by atoms with van der Waals surface area (Å²) >= 11 is 0. The van der Waals surface area contributed by atoms with E-state index in [9.17, 15) is 18.0 Å². The Morgan fingerprint density at radius 1 is 1.44 bits per heavy atom. The topological polar surface area (TPSA) is 38.3 Å². The lowest BCUT2D eigenvalue weighted by Gasteiger charge is -2.08. The van der Waals surface area contributed by atoms with Crippen molar-refractivity contribution in [1.82, 2.24) is 5.32 Å². The zero-order valence-electron chi connectivity index (χ0n) is 9.19. The molecule has 0 unspecified atom stereocenters. The van der Waals surface area contributed by atoms with Crippen molar-refractivity contribution in [3.8, 4) is 0 Å². The first kappa shape index (κ1) is 15.0. The SMILES string of the molecule is C=C(CNCCCC(F)(F)F)C(=O)OCC. The molecule has 0 fully saturated rings. The zero-order valence-corrected chi connectivity index (χ0v) is 9.19. The molecule has 0 aromatic carbocycles. The number of rotatable bonds is 7. The van der Waals surface area contributed by atoms with Gasteiger partial charge in [-0.2, -0.15) is 13.2 Å². The lowest BCUT2D eigenvalue weighted by molar-refractivity contribution is -0.139. The van der Waals surface area contributed by atoms with Crippen LogP contribution in [0.3, 0.4) is 0 Å². The highest BCUT2D eigenvalue weighted by Crippen LogP contribution is 2.20. The molecule has 0 aliphatic heterocycles. The molecular formula is C10H16F3NO2. The van der Waals surface area contributed by atoms with Crippen molar-refractivity contribution >= 4 is 5.97 Å². The summed E-state index contributed by atoms with van der Waals surface area (Å²) in [5.41, 5.74) is 0.217. The predicted octanol–water partition coefficient (Wildman–Crippen LogP) is 2.04.